The molecule has 3 aromatic heterocycles. The molecule has 11 nitrogen and oxygen atoms in total. The number of nitrogens with zero attached hydrogens (tertiary/aromatic N) is 3. The number of carbonyl (C=O) groups excluding carboxylic acids is 2. The van der Waals surface area contributed by atoms with Gasteiger partial charge in [0.1, 0.15) is 28.4 Å². The van der Waals surface area contributed by atoms with Crippen LogP contribution in [-0.2, 0) is 14.3 Å². The van der Waals surface area contributed by atoms with E-state index in [1.165, 1.54) is 43.6 Å². The number of halogens is 2. The number of fused-ring (bicyclic) bond motifs is 1. The maximum atomic E-state index is 13.2. The molecule has 0 saturated heterocycles. The first-order chi connectivity index (χ1) is 19.8. The van der Waals surface area contributed by atoms with Gasteiger partial charge in [-0.1, -0.05) is 11.6 Å². The second kappa shape index (κ2) is 11.9. The number of amides is 2. The van der Waals surface area contributed by atoms with Crippen molar-refractivity contribution in [1.82, 2.24) is 15.0 Å². The number of hydrogen-bond donors (Lipinski definition) is 2. The molecule has 212 valence electrons. The molecule has 41 heavy (non-hydrogen) atoms. The van der Waals surface area contributed by atoms with Crippen LogP contribution < -0.4 is 24.8 Å². The number of pyridine rings is 3. The van der Waals surface area contributed by atoms with E-state index in [1.54, 1.807) is 25.4 Å². The van der Waals surface area contributed by atoms with E-state index in [0.717, 1.165) is 0 Å². The SMILES string of the molecule is COCCOc1cc2nccc(Oc3ncc(NC(=O)C4(C(=O)Nc5ccc(F)cc5)CC4)cc3Cl)c2nc1OC. The van der Waals surface area contributed by atoms with Crippen LogP contribution in [0.2, 0.25) is 5.02 Å². The zero-order valence-corrected chi connectivity index (χ0v) is 22.8. The highest BCUT2D eigenvalue weighted by Crippen LogP contribution is 2.47. The first kappa shape index (κ1) is 28.0. The lowest BCUT2D eigenvalue weighted by atomic mass is 10.0. The Bertz CT molecular complexity index is 1600. The Balaban J connectivity index is 1.29. The lowest BCUT2D eigenvalue weighted by Gasteiger charge is -2.16. The van der Waals surface area contributed by atoms with Crippen molar-refractivity contribution in [1.29, 1.82) is 0 Å². The third-order valence-electron chi connectivity index (χ3n) is 6.34. The molecule has 1 aromatic carbocycles. The van der Waals surface area contributed by atoms with Crippen molar-refractivity contribution in [3.63, 3.8) is 0 Å². The van der Waals surface area contributed by atoms with Crippen LogP contribution in [0, 0.1) is 11.2 Å². The topological polar surface area (TPSA) is 134 Å². The van der Waals surface area contributed by atoms with Crippen LogP contribution >= 0.6 is 11.6 Å². The predicted octanol–water partition coefficient (Wildman–Crippen LogP) is 5.00. The summed E-state index contributed by atoms with van der Waals surface area (Å²) in [6.45, 7) is 0.696. The van der Waals surface area contributed by atoms with Crippen molar-refractivity contribution in [2.24, 2.45) is 5.41 Å². The van der Waals surface area contributed by atoms with Gasteiger partial charge in [-0.15, -0.1) is 0 Å². The van der Waals surface area contributed by atoms with Gasteiger partial charge >= 0.3 is 0 Å². The standard InChI is InChI=1S/C28H25ClFN5O6/c1-38-11-12-40-22-14-20-23(35-25(22)39-2)21(7-10-31-20)41-24-19(29)13-18(15-32-24)34-27(37)28(8-9-28)26(36)33-17-5-3-16(30)4-6-17/h3-7,10,13-15H,8-9,11-12H2,1-2H3,(H,33,36)(H,34,37). The van der Waals surface area contributed by atoms with E-state index in [9.17, 15) is 14.0 Å². The summed E-state index contributed by atoms with van der Waals surface area (Å²) in [6.07, 6.45) is 3.66. The van der Waals surface area contributed by atoms with Crippen LogP contribution in [0.3, 0.4) is 0 Å². The molecule has 13 heteroatoms. The number of benzene rings is 1. The molecule has 3 heterocycles. The Labute approximate surface area is 239 Å². The van der Waals surface area contributed by atoms with Gasteiger partial charge in [-0.25, -0.2) is 14.4 Å². The number of hydrogen-bond acceptors (Lipinski definition) is 9. The predicted molar refractivity (Wildman–Crippen MR) is 148 cm³/mol. The quantitative estimate of drug-likeness (QED) is 0.185. The molecular formula is C28H25ClFN5O6. The third-order valence-corrected chi connectivity index (χ3v) is 6.61. The van der Waals surface area contributed by atoms with Gasteiger partial charge in [0.05, 0.1) is 31.1 Å². The summed E-state index contributed by atoms with van der Waals surface area (Å²) in [6, 6.07) is 10.1. The molecule has 0 radical (unpaired) electrons. The summed E-state index contributed by atoms with van der Waals surface area (Å²) >= 11 is 6.44. The second-order valence-corrected chi connectivity index (χ2v) is 9.53. The maximum absolute atomic E-state index is 13.2. The van der Waals surface area contributed by atoms with Gasteiger partial charge in [0, 0.05) is 31.1 Å². The first-order valence-corrected chi connectivity index (χ1v) is 12.9. The summed E-state index contributed by atoms with van der Waals surface area (Å²) in [7, 11) is 3.04. The Hall–Kier alpha value is -4.55. The van der Waals surface area contributed by atoms with E-state index in [-0.39, 0.29) is 22.5 Å². The van der Waals surface area contributed by atoms with Gasteiger partial charge in [-0.3, -0.25) is 14.6 Å². The summed E-state index contributed by atoms with van der Waals surface area (Å²) in [5.74, 6) is -0.377. The van der Waals surface area contributed by atoms with Gasteiger partial charge in [0.25, 0.3) is 5.88 Å². The zero-order chi connectivity index (χ0) is 29.0. The van der Waals surface area contributed by atoms with Crippen molar-refractivity contribution in [2.45, 2.75) is 12.8 Å². The molecule has 1 fully saturated rings. The number of ether oxygens (including phenoxy) is 4. The van der Waals surface area contributed by atoms with Gasteiger partial charge in [-0.05, 0) is 43.2 Å². The van der Waals surface area contributed by atoms with E-state index in [4.69, 9.17) is 30.5 Å². The summed E-state index contributed by atoms with van der Waals surface area (Å²) in [5.41, 5.74) is 0.326. The molecule has 1 saturated carbocycles. The smallest absolute Gasteiger partial charge is 0.257 e. The van der Waals surface area contributed by atoms with E-state index in [0.29, 0.717) is 54.3 Å². The van der Waals surface area contributed by atoms with E-state index in [1.807, 2.05) is 0 Å². The average Bonchev–Trinajstić information content (AvgIpc) is 3.78. The molecule has 2 amide bonds. The Morgan fingerprint density at radius 3 is 2.34 bits per heavy atom. The van der Waals surface area contributed by atoms with Crippen molar-refractivity contribution < 1.29 is 32.9 Å². The highest BCUT2D eigenvalue weighted by atomic mass is 35.5. The lowest BCUT2D eigenvalue weighted by Crippen LogP contribution is -2.35. The second-order valence-electron chi connectivity index (χ2n) is 9.12. The summed E-state index contributed by atoms with van der Waals surface area (Å²) in [5, 5.41) is 5.47. The fourth-order valence-electron chi connectivity index (χ4n) is 3.97. The molecular weight excluding hydrogens is 557 g/mol. The van der Waals surface area contributed by atoms with Gasteiger partial charge in [0.2, 0.25) is 17.7 Å². The van der Waals surface area contributed by atoms with E-state index >= 15 is 0 Å². The van der Waals surface area contributed by atoms with Gasteiger partial charge in [0.15, 0.2) is 11.5 Å². The lowest BCUT2D eigenvalue weighted by molar-refractivity contribution is -0.131. The maximum Gasteiger partial charge on any atom is 0.257 e. The Kier molecular flexibility index (Phi) is 8.13. The third kappa shape index (κ3) is 6.13. The van der Waals surface area contributed by atoms with Crippen molar-refractivity contribution >= 4 is 45.8 Å². The van der Waals surface area contributed by atoms with Gasteiger partial charge < -0.3 is 29.6 Å². The van der Waals surface area contributed by atoms with Crippen LogP contribution in [0.1, 0.15) is 12.8 Å². The fourth-order valence-corrected chi connectivity index (χ4v) is 4.17. The number of anilines is 2. The highest BCUT2D eigenvalue weighted by Gasteiger charge is 2.56. The van der Waals surface area contributed by atoms with Gasteiger partial charge in [-0.2, -0.15) is 0 Å². The first-order valence-electron chi connectivity index (χ1n) is 12.5. The minimum absolute atomic E-state index is 0.0635. The number of nitrogens with one attached hydrogen (secondary N) is 2. The molecule has 2 N–H and O–H groups in total. The van der Waals surface area contributed by atoms with E-state index < -0.39 is 23.0 Å². The minimum Gasteiger partial charge on any atom is -0.485 e. The van der Waals surface area contributed by atoms with Crippen LogP contribution in [0.5, 0.6) is 23.3 Å². The summed E-state index contributed by atoms with van der Waals surface area (Å²) in [4.78, 5) is 38.9. The van der Waals surface area contributed by atoms with Crippen LogP contribution in [0.25, 0.3) is 11.0 Å². The highest BCUT2D eigenvalue weighted by molar-refractivity contribution is 6.32. The normalized spacial score (nSPS) is 13.4. The van der Waals surface area contributed by atoms with Crippen molar-refractivity contribution in [2.75, 3.05) is 38.1 Å². The van der Waals surface area contributed by atoms with Crippen molar-refractivity contribution in [3.05, 3.63) is 65.7 Å². The molecule has 5 rings (SSSR count). The van der Waals surface area contributed by atoms with E-state index in [2.05, 4.69) is 25.6 Å². The number of methoxy groups -OCH3 is 2. The number of aromatic nitrogens is 3. The molecule has 0 spiro atoms. The summed E-state index contributed by atoms with van der Waals surface area (Å²) < 4.78 is 35.2. The zero-order valence-electron chi connectivity index (χ0n) is 22.1. The molecule has 0 aliphatic heterocycles. The minimum atomic E-state index is -1.23. The molecule has 1 aliphatic rings. The monoisotopic (exact) mass is 581 g/mol. The molecule has 4 aromatic rings. The number of carbonyl (C=O) groups is 2. The average molecular weight is 582 g/mol. The largest absolute Gasteiger partial charge is 0.485 e. The Morgan fingerprint density at radius 1 is 0.951 bits per heavy atom. The molecule has 0 unspecified atom stereocenters. The molecule has 0 bridgehead atoms. The molecule has 1 aliphatic carbocycles. The Morgan fingerprint density at radius 2 is 1.68 bits per heavy atom. The molecule has 0 atom stereocenters. The van der Waals surface area contributed by atoms with Crippen molar-refractivity contribution in [3.8, 4) is 23.3 Å². The van der Waals surface area contributed by atoms with Crippen LogP contribution in [0.15, 0.2) is 54.9 Å². The number of rotatable bonds is 11. The fraction of sp³-hybridized carbons (Fsp3) is 0.250. The van der Waals surface area contributed by atoms with Crippen LogP contribution in [0.4, 0.5) is 15.8 Å². The van der Waals surface area contributed by atoms with Crippen LogP contribution in [-0.4, -0.2) is 54.2 Å².